The molecule has 0 heterocycles. The summed E-state index contributed by atoms with van der Waals surface area (Å²) in [4.78, 5) is 0. The Morgan fingerprint density at radius 1 is 1.19 bits per heavy atom. The van der Waals surface area contributed by atoms with Crippen molar-refractivity contribution in [1.82, 2.24) is 5.32 Å². The first kappa shape index (κ1) is 11.7. The Kier molecular flexibility index (Phi) is 3.65. The van der Waals surface area contributed by atoms with E-state index in [1.165, 1.54) is 36.0 Å². The summed E-state index contributed by atoms with van der Waals surface area (Å²) in [6, 6.07) is 7.61. The van der Waals surface area contributed by atoms with Gasteiger partial charge in [-0.25, -0.2) is 0 Å². The molecule has 0 saturated heterocycles. The zero-order valence-corrected chi connectivity index (χ0v) is 10.7. The largest absolute Gasteiger partial charge is 0.310 e. The molecule has 0 amide bonds. The average Bonchev–Trinajstić information content (AvgIpc) is 2.93. The third-order valence-electron chi connectivity index (χ3n) is 3.43. The second kappa shape index (κ2) is 5.01. The molecule has 16 heavy (non-hydrogen) atoms. The minimum atomic E-state index is 0.792. The lowest BCUT2D eigenvalue weighted by Crippen LogP contribution is -2.17. The van der Waals surface area contributed by atoms with Gasteiger partial charge in [0.2, 0.25) is 0 Å². The molecule has 1 aromatic carbocycles. The molecule has 0 aromatic heterocycles. The molecule has 2 rings (SSSR count). The van der Waals surface area contributed by atoms with Gasteiger partial charge in [0.15, 0.2) is 0 Å². The van der Waals surface area contributed by atoms with Gasteiger partial charge in [0.25, 0.3) is 0 Å². The Morgan fingerprint density at radius 2 is 1.88 bits per heavy atom. The topological polar surface area (TPSA) is 12.0 Å². The van der Waals surface area contributed by atoms with Crippen LogP contribution < -0.4 is 5.32 Å². The van der Waals surface area contributed by atoms with Gasteiger partial charge in [-0.05, 0) is 38.2 Å². The lowest BCUT2D eigenvalue weighted by molar-refractivity contribution is 0.599. The molecular weight excluding hydrogens is 194 g/mol. The lowest BCUT2D eigenvalue weighted by atomic mass is 10.1. The van der Waals surface area contributed by atoms with Crippen LogP contribution in [0.25, 0.3) is 0 Å². The van der Waals surface area contributed by atoms with Crippen LogP contribution in [0, 0.1) is 19.8 Å². The van der Waals surface area contributed by atoms with Crippen LogP contribution in [0.5, 0.6) is 0 Å². The summed E-state index contributed by atoms with van der Waals surface area (Å²) in [6.45, 7) is 7.66. The quantitative estimate of drug-likeness (QED) is 0.795. The first-order valence-corrected chi connectivity index (χ1v) is 6.49. The maximum Gasteiger partial charge on any atom is 0.0208 e. The molecule has 1 heteroatoms. The van der Waals surface area contributed by atoms with Crippen LogP contribution in [0.3, 0.4) is 0 Å². The van der Waals surface area contributed by atoms with Crippen molar-refractivity contribution in [2.24, 2.45) is 5.92 Å². The zero-order chi connectivity index (χ0) is 11.5. The monoisotopic (exact) mass is 217 g/mol. The molecule has 0 bridgehead atoms. The highest BCUT2D eigenvalue weighted by Gasteiger charge is 2.35. The van der Waals surface area contributed by atoms with Crippen molar-refractivity contribution in [2.45, 2.75) is 52.6 Å². The summed E-state index contributed by atoms with van der Waals surface area (Å²) in [5.41, 5.74) is 4.18. The van der Waals surface area contributed by atoms with Gasteiger partial charge in [0, 0.05) is 12.6 Å². The molecule has 1 nitrogen and oxygen atoms in total. The highest BCUT2D eigenvalue weighted by Crippen LogP contribution is 2.34. The highest BCUT2D eigenvalue weighted by molar-refractivity contribution is 5.28. The van der Waals surface area contributed by atoms with E-state index in [1.54, 1.807) is 0 Å². The van der Waals surface area contributed by atoms with Gasteiger partial charge in [-0.15, -0.1) is 0 Å². The molecule has 1 saturated carbocycles. The number of nitrogens with one attached hydrogen (secondary N) is 1. The summed E-state index contributed by atoms with van der Waals surface area (Å²) in [5.74, 6) is 0.955. The molecule has 88 valence electrons. The Labute approximate surface area is 99.3 Å². The first-order valence-electron chi connectivity index (χ1n) is 6.49. The second-order valence-corrected chi connectivity index (χ2v) is 5.27. The standard InChI is InChI=1S/C15H23N/c1-4-5-14-9-15(14)16-10-13-7-11(2)6-12(3)8-13/h6-8,14-16H,4-5,9-10H2,1-3H3. The summed E-state index contributed by atoms with van der Waals surface area (Å²) >= 11 is 0. The Hall–Kier alpha value is -0.820. The Bertz CT molecular complexity index is 336. The molecule has 0 radical (unpaired) electrons. The van der Waals surface area contributed by atoms with E-state index >= 15 is 0 Å². The van der Waals surface area contributed by atoms with E-state index in [9.17, 15) is 0 Å². The fraction of sp³-hybridized carbons (Fsp3) is 0.600. The van der Waals surface area contributed by atoms with E-state index in [1.807, 2.05) is 0 Å². The van der Waals surface area contributed by atoms with E-state index in [0.717, 1.165) is 18.5 Å². The molecular formula is C15H23N. The summed E-state index contributed by atoms with van der Waals surface area (Å²) < 4.78 is 0. The molecule has 2 atom stereocenters. The van der Waals surface area contributed by atoms with Crippen LogP contribution in [0.2, 0.25) is 0 Å². The summed E-state index contributed by atoms with van der Waals surface area (Å²) in [6.07, 6.45) is 4.11. The zero-order valence-electron chi connectivity index (χ0n) is 10.7. The van der Waals surface area contributed by atoms with Gasteiger partial charge >= 0.3 is 0 Å². The van der Waals surface area contributed by atoms with Crippen LogP contribution in [0.1, 0.15) is 42.9 Å². The summed E-state index contributed by atoms with van der Waals surface area (Å²) in [7, 11) is 0. The normalized spacial score (nSPS) is 23.4. The van der Waals surface area contributed by atoms with Gasteiger partial charge in [0.1, 0.15) is 0 Å². The predicted octanol–water partition coefficient (Wildman–Crippen LogP) is 3.58. The van der Waals surface area contributed by atoms with E-state index < -0.39 is 0 Å². The molecule has 0 aliphatic heterocycles. The molecule has 1 N–H and O–H groups in total. The van der Waals surface area contributed by atoms with Gasteiger partial charge in [-0.2, -0.15) is 0 Å². The van der Waals surface area contributed by atoms with Crippen LogP contribution in [0.4, 0.5) is 0 Å². The second-order valence-electron chi connectivity index (χ2n) is 5.27. The van der Waals surface area contributed by atoms with Gasteiger partial charge in [-0.1, -0.05) is 42.7 Å². The SMILES string of the molecule is CCCC1CC1NCc1cc(C)cc(C)c1. The maximum atomic E-state index is 3.66. The van der Waals surface area contributed by atoms with Crippen LogP contribution >= 0.6 is 0 Å². The van der Waals surface area contributed by atoms with Crippen molar-refractivity contribution >= 4 is 0 Å². The van der Waals surface area contributed by atoms with E-state index in [4.69, 9.17) is 0 Å². The minimum absolute atomic E-state index is 0.792. The lowest BCUT2D eigenvalue weighted by Gasteiger charge is -2.06. The van der Waals surface area contributed by atoms with Crippen molar-refractivity contribution < 1.29 is 0 Å². The fourth-order valence-electron chi connectivity index (χ4n) is 2.61. The highest BCUT2D eigenvalue weighted by atomic mass is 15.0. The van der Waals surface area contributed by atoms with E-state index in [2.05, 4.69) is 44.3 Å². The fourth-order valence-corrected chi connectivity index (χ4v) is 2.61. The van der Waals surface area contributed by atoms with Crippen molar-refractivity contribution in [3.63, 3.8) is 0 Å². The third-order valence-corrected chi connectivity index (χ3v) is 3.43. The number of rotatable bonds is 5. The van der Waals surface area contributed by atoms with Crippen molar-refractivity contribution in [2.75, 3.05) is 0 Å². The molecule has 1 aliphatic carbocycles. The Morgan fingerprint density at radius 3 is 2.50 bits per heavy atom. The third kappa shape index (κ3) is 3.08. The van der Waals surface area contributed by atoms with Gasteiger partial charge in [-0.3, -0.25) is 0 Å². The van der Waals surface area contributed by atoms with Crippen molar-refractivity contribution in [1.29, 1.82) is 0 Å². The number of hydrogen-bond acceptors (Lipinski definition) is 1. The van der Waals surface area contributed by atoms with Crippen LogP contribution in [-0.4, -0.2) is 6.04 Å². The Balaban J connectivity index is 1.82. The van der Waals surface area contributed by atoms with Gasteiger partial charge < -0.3 is 5.32 Å². The van der Waals surface area contributed by atoms with E-state index in [0.29, 0.717) is 0 Å². The number of hydrogen-bond donors (Lipinski definition) is 1. The maximum absolute atomic E-state index is 3.66. The smallest absolute Gasteiger partial charge is 0.0208 e. The number of aryl methyl sites for hydroxylation is 2. The van der Waals surface area contributed by atoms with Gasteiger partial charge in [0.05, 0.1) is 0 Å². The van der Waals surface area contributed by atoms with Crippen LogP contribution in [-0.2, 0) is 6.54 Å². The molecule has 0 spiro atoms. The van der Waals surface area contributed by atoms with Crippen molar-refractivity contribution in [3.05, 3.63) is 34.9 Å². The molecule has 1 fully saturated rings. The first-order chi connectivity index (χ1) is 7.69. The number of benzene rings is 1. The van der Waals surface area contributed by atoms with Crippen molar-refractivity contribution in [3.8, 4) is 0 Å². The molecule has 1 aromatic rings. The predicted molar refractivity (Wildman–Crippen MR) is 69.6 cm³/mol. The minimum Gasteiger partial charge on any atom is -0.310 e. The summed E-state index contributed by atoms with van der Waals surface area (Å²) in [5, 5.41) is 3.66. The molecule has 2 unspecified atom stereocenters. The van der Waals surface area contributed by atoms with Crippen LogP contribution in [0.15, 0.2) is 18.2 Å². The van der Waals surface area contributed by atoms with E-state index in [-0.39, 0.29) is 0 Å². The average molecular weight is 217 g/mol. The molecule has 1 aliphatic rings.